The molecule has 1 fully saturated rings. The summed E-state index contributed by atoms with van der Waals surface area (Å²) in [4.78, 5) is 0.147. The summed E-state index contributed by atoms with van der Waals surface area (Å²) in [6, 6.07) is 6.80. The Morgan fingerprint density at radius 2 is 1.86 bits per heavy atom. The normalized spacial score (nSPS) is 20.9. The van der Waals surface area contributed by atoms with Crippen molar-refractivity contribution in [2.45, 2.75) is 24.7 Å². The molecule has 4 heteroatoms. The van der Waals surface area contributed by atoms with Gasteiger partial charge in [-0.05, 0) is 47.6 Å². The predicted molar refractivity (Wildman–Crippen MR) is 84.9 cm³/mol. The molecule has 3 rings (SSSR count). The second-order valence-corrected chi connectivity index (χ2v) is 7.55. The zero-order valence-electron chi connectivity index (χ0n) is 12.0. The fourth-order valence-electron chi connectivity index (χ4n) is 2.81. The van der Waals surface area contributed by atoms with E-state index in [1.807, 2.05) is 18.2 Å². The van der Waals surface area contributed by atoms with Gasteiger partial charge in [0.15, 0.2) is 0 Å². The van der Waals surface area contributed by atoms with Gasteiger partial charge in [-0.1, -0.05) is 37.3 Å². The Balaban J connectivity index is 2.00. The highest BCUT2D eigenvalue weighted by Crippen LogP contribution is 2.56. The lowest BCUT2D eigenvalue weighted by Crippen LogP contribution is -2.11. The molecule has 0 aliphatic heterocycles. The van der Waals surface area contributed by atoms with Crippen LogP contribution in [0.5, 0.6) is 0 Å². The minimum Gasteiger partial charge on any atom is -0.225 e. The van der Waals surface area contributed by atoms with E-state index in [4.69, 9.17) is 5.14 Å². The van der Waals surface area contributed by atoms with Crippen LogP contribution in [0.2, 0.25) is 0 Å². The van der Waals surface area contributed by atoms with E-state index in [-0.39, 0.29) is 16.2 Å². The maximum atomic E-state index is 11.3. The Labute approximate surface area is 125 Å². The summed E-state index contributed by atoms with van der Waals surface area (Å²) in [5.74, 6) is 0.286. The lowest BCUT2D eigenvalue weighted by atomic mass is 9.92. The van der Waals surface area contributed by atoms with Crippen LogP contribution >= 0.6 is 0 Å². The van der Waals surface area contributed by atoms with Crippen molar-refractivity contribution in [2.24, 2.45) is 16.5 Å². The van der Waals surface area contributed by atoms with Crippen molar-refractivity contribution >= 4 is 15.6 Å². The average molecular weight is 301 g/mol. The monoisotopic (exact) mass is 301 g/mol. The third kappa shape index (κ3) is 2.61. The Hall–Kier alpha value is -1.65. The summed E-state index contributed by atoms with van der Waals surface area (Å²) in [6.07, 6.45) is 8.99. The lowest BCUT2D eigenvalue weighted by molar-refractivity contribution is 0.598. The summed E-state index contributed by atoms with van der Waals surface area (Å²) in [6.45, 7) is 6.02. The van der Waals surface area contributed by atoms with Crippen LogP contribution < -0.4 is 5.14 Å². The van der Waals surface area contributed by atoms with Crippen molar-refractivity contribution in [3.63, 3.8) is 0 Å². The second kappa shape index (κ2) is 4.68. The average Bonchev–Trinajstić information content (AvgIpc) is 3.08. The van der Waals surface area contributed by atoms with Crippen LogP contribution in [0, 0.1) is 11.3 Å². The van der Waals surface area contributed by atoms with Crippen LogP contribution in [0.1, 0.15) is 25.3 Å². The van der Waals surface area contributed by atoms with Crippen molar-refractivity contribution < 1.29 is 8.42 Å². The molecule has 2 N–H and O–H groups in total. The van der Waals surface area contributed by atoms with E-state index in [1.54, 1.807) is 12.1 Å². The molecule has 1 aromatic carbocycles. The van der Waals surface area contributed by atoms with Crippen molar-refractivity contribution in [1.82, 2.24) is 0 Å². The summed E-state index contributed by atoms with van der Waals surface area (Å²) in [5, 5.41) is 5.14. The highest BCUT2D eigenvalue weighted by molar-refractivity contribution is 7.89. The van der Waals surface area contributed by atoms with Gasteiger partial charge in [-0.3, -0.25) is 0 Å². The van der Waals surface area contributed by atoms with Crippen molar-refractivity contribution in [2.75, 3.05) is 0 Å². The van der Waals surface area contributed by atoms with Gasteiger partial charge in [0, 0.05) is 5.41 Å². The number of rotatable bonds is 4. The number of hydrogen-bond acceptors (Lipinski definition) is 2. The molecule has 0 heterocycles. The smallest absolute Gasteiger partial charge is 0.225 e. The SMILES string of the molecule is C=CC(C)C1=CC2(C=C1c1ccc(S(N)(=O)=O)cc1)CC2. The number of sulfonamides is 1. The molecule has 0 aromatic heterocycles. The molecule has 2 aliphatic rings. The molecule has 1 spiro atoms. The molecule has 21 heavy (non-hydrogen) atoms. The highest BCUT2D eigenvalue weighted by atomic mass is 32.2. The third-order valence-electron chi connectivity index (χ3n) is 4.35. The first kappa shape index (κ1) is 14.3. The molecule has 0 bridgehead atoms. The van der Waals surface area contributed by atoms with E-state index < -0.39 is 10.0 Å². The number of benzene rings is 1. The van der Waals surface area contributed by atoms with Gasteiger partial charge in [-0.15, -0.1) is 6.58 Å². The van der Waals surface area contributed by atoms with Gasteiger partial charge in [0.2, 0.25) is 10.0 Å². The maximum Gasteiger partial charge on any atom is 0.238 e. The molecule has 1 atom stereocenters. The number of primary sulfonamides is 1. The van der Waals surface area contributed by atoms with Crippen LogP contribution in [0.4, 0.5) is 0 Å². The van der Waals surface area contributed by atoms with E-state index in [2.05, 4.69) is 25.7 Å². The predicted octanol–water partition coefficient (Wildman–Crippen LogP) is 3.26. The zero-order chi connectivity index (χ0) is 15.3. The molecule has 0 amide bonds. The number of allylic oxidation sites excluding steroid dienone is 5. The van der Waals surface area contributed by atoms with Crippen LogP contribution in [0.25, 0.3) is 5.57 Å². The maximum absolute atomic E-state index is 11.3. The molecule has 1 aromatic rings. The van der Waals surface area contributed by atoms with Gasteiger partial charge in [0.1, 0.15) is 0 Å². The van der Waals surface area contributed by atoms with Crippen LogP contribution in [0.3, 0.4) is 0 Å². The van der Waals surface area contributed by atoms with E-state index in [0.29, 0.717) is 0 Å². The molecule has 0 radical (unpaired) electrons. The first-order valence-corrected chi connectivity index (χ1v) is 8.61. The highest BCUT2D eigenvalue weighted by Gasteiger charge is 2.43. The van der Waals surface area contributed by atoms with Crippen molar-refractivity contribution in [3.05, 3.63) is 60.2 Å². The fourth-order valence-corrected chi connectivity index (χ4v) is 3.33. The first-order valence-electron chi connectivity index (χ1n) is 7.06. The summed E-state index contributed by atoms with van der Waals surface area (Å²) in [7, 11) is -3.64. The molecule has 0 saturated heterocycles. The van der Waals surface area contributed by atoms with E-state index in [1.165, 1.54) is 24.0 Å². The fraction of sp³-hybridized carbons (Fsp3) is 0.294. The standard InChI is InChI=1S/C17H19NO2S/c1-3-12(2)15-10-17(8-9-17)11-16(15)13-4-6-14(7-5-13)21(18,19)20/h3-7,10-12H,1,8-9H2,2H3,(H2,18,19,20). The minimum absolute atomic E-state index is 0.147. The lowest BCUT2D eigenvalue weighted by Gasteiger charge is -2.13. The Morgan fingerprint density at radius 1 is 1.24 bits per heavy atom. The number of hydrogen-bond donors (Lipinski definition) is 1. The minimum atomic E-state index is -3.64. The van der Waals surface area contributed by atoms with Crippen LogP contribution in [-0.2, 0) is 10.0 Å². The topological polar surface area (TPSA) is 60.2 Å². The molecule has 1 unspecified atom stereocenters. The second-order valence-electron chi connectivity index (χ2n) is 5.98. The Morgan fingerprint density at radius 3 is 2.33 bits per heavy atom. The quantitative estimate of drug-likeness (QED) is 0.868. The molecular weight excluding hydrogens is 282 g/mol. The van der Waals surface area contributed by atoms with Crippen molar-refractivity contribution in [3.8, 4) is 0 Å². The largest absolute Gasteiger partial charge is 0.238 e. The van der Waals surface area contributed by atoms with Gasteiger partial charge < -0.3 is 0 Å². The van der Waals surface area contributed by atoms with Crippen molar-refractivity contribution in [1.29, 1.82) is 0 Å². The summed E-state index contributed by atoms with van der Waals surface area (Å²) >= 11 is 0. The third-order valence-corrected chi connectivity index (χ3v) is 5.28. The Kier molecular flexibility index (Phi) is 3.19. The molecular formula is C17H19NO2S. The van der Waals surface area contributed by atoms with Gasteiger partial charge in [0.05, 0.1) is 4.90 Å². The molecule has 1 saturated carbocycles. The summed E-state index contributed by atoms with van der Waals surface area (Å²) in [5.41, 5.74) is 3.75. The van der Waals surface area contributed by atoms with E-state index >= 15 is 0 Å². The first-order chi connectivity index (χ1) is 9.85. The molecule has 2 aliphatic carbocycles. The van der Waals surface area contributed by atoms with Crippen LogP contribution in [-0.4, -0.2) is 8.42 Å². The van der Waals surface area contributed by atoms with Crippen LogP contribution in [0.15, 0.2) is 59.5 Å². The Bertz CT molecular complexity index is 750. The van der Waals surface area contributed by atoms with Gasteiger partial charge in [0.25, 0.3) is 0 Å². The van der Waals surface area contributed by atoms with Gasteiger partial charge in [-0.25, -0.2) is 13.6 Å². The van der Waals surface area contributed by atoms with E-state index in [0.717, 1.165) is 5.56 Å². The zero-order valence-corrected chi connectivity index (χ0v) is 12.9. The van der Waals surface area contributed by atoms with E-state index in [9.17, 15) is 8.42 Å². The number of nitrogens with two attached hydrogens (primary N) is 1. The van der Waals surface area contributed by atoms with Gasteiger partial charge >= 0.3 is 0 Å². The van der Waals surface area contributed by atoms with Gasteiger partial charge in [-0.2, -0.15) is 0 Å². The molecule has 3 nitrogen and oxygen atoms in total. The molecule has 110 valence electrons. The summed E-state index contributed by atoms with van der Waals surface area (Å²) < 4.78 is 22.7.